The number of halogens is 1. The van der Waals surface area contributed by atoms with Crippen LogP contribution < -0.4 is 14.8 Å². The first kappa shape index (κ1) is 36.0. The zero-order chi connectivity index (χ0) is 37.5. The van der Waals surface area contributed by atoms with Gasteiger partial charge < -0.3 is 29.3 Å². The average Bonchev–Trinajstić information content (AvgIpc) is 3.66. The molecular weight excluding hydrogens is 679 g/mol. The first-order valence-corrected chi connectivity index (χ1v) is 16.5. The minimum absolute atomic E-state index is 0.0171. The molecular formula is C41H35FN4O7. The van der Waals surface area contributed by atoms with E-state index in [-0.39, 0.29) is 29.8 Å². The van der Waals surface area contributed by atoms with Crippen molar-refractivity contribution in [3.8, 4) is 45.5 Å². The number of carboxylic acid groups (broad SMARTS) is 1. The molecule has 0 spiro atoms. The van der Waals surface area contributed by atoms with Crippen LogP contribution in [0.2, 0.25) is 0 Å². The van der Waals surface area contributed by atoms with Gasteiger partial charge in [-0.05, 0) is 66.1 Å². The largest absolute Gasteiger partial charge is 0.493 e. The number of benzene rings is 5. The zero-order valence-electron chi connectivity index (χ0n) is 29.1. The van der Waals surface area contributed by atoms with Crippen molar-refractivity contribution >= 4 is 23.5 Å². The van der Waals surface area contributed by atoms with Crippen molar-refractivity contribution in [3.63, 3.8) is 0 Å². The minimum atomic E-state index is -1.17. The maximum Gasteiger partial charge on any atom is 0.323 e. The molecule has 0 aliphatic carbocycles. The number of aromatic nitrogens is 2. The van der Waals surface area contributed by atoms with Crippen LogP contribution in [0.15, 0.2) is 114 Å². The van der Waals surface area contributed by atoms with Crippen molar-refractivity contribution in [2.75, 3.05) is 26.1 Å². The van der Waals surface area contributed by atoms with E-state index in [0.717, 1.165) is 22.8 Å². The third-order valence-electron chi connectivity index (χ3n) is 8.46. The number of carboxylic acids is 1. The fourth-order valence-electron chi connectivity index (χ4n) is 5.64. The lowest BCUT2D eigenvalue weighted by Crippen LogP contribution is -2.35. The summed E-state index contributed by atoms with van der Waals surface area (Å²) in [7, 11) is 2.80. The molecule has 2 N–H and O–H groups in total. The first-order valence-electron chi connectivity index (χ1n) is 16.5. The quantitative estimate of drug-likeness (QED) is 0.125. The van der Waals surface area contributed by atoms with Gasteiger partial charge in [-0.15, -0.1) is 0 Å². The standard InChI is InChI=1S/C41H35FN4O7/c1-25-4-8-27(9-5-25)28-12-14-29(15-13-28)39-44-40(53-45-39)30-10-6-26(7-11-30)23-46(24-38(48)49)41(50)31-16-18-33(19-17-31)43-37(47)21-32-20-35(51-2)36(52-3)22-34(32)42/h4-20,22H,21,23-24H2,1-3H3,(H,43,47)(H,48,49). The molecule has 1 aromatic heterocycles. The molecule has 6 rings (SSSR count). The highest BCUT2D eigenvalue weighted by Crippen LogP contribution is 2.30. The molecule has 0 aliphatic rings. The topological polar surface area (TPSA) is 144 Å². The molecule has 53 heavy (non-hydrogen) atoms. The number of aryl methyl sites for hydroxylation is 1. The Balaban J connectivity index is 1.08. The third-order valence-corrected chi connectivity index (χ3v) is 8.46. The number of amides is 2. The van der Waals surface area contributed by atoms with E-state index in [1.165, 1.54) is 55.0 Å². The van der Waals surface area contributed by atoms with Crippen molar-refractivity contribution in [3.05, 3.63) is 137 Å². The molecule has 268 valence electrons. The molecule has 0 saturated heterocycles. The summed E-state index contributed by atoms with van der Waals surface area (Å²) in [4.78, 5) is 43.6. The van der Waals surface area contributed by atoms with E-state index in [4.69, 9.17) is 14.0 Å². The molecule has 0 radical (unpaired) electrons. The minimum Gasteiger partial charge on any atom is -0.493 e. The molecule has 5 aromatic carbocycles. The molecule has 0 atom stereocenters. The fourth-order valence-corrected chi connectivity index (χ4v) is 5.64. The number of methoxy groups -OCH3 is 2. The second kappa shape index (κ2) is 16.0. The number of anilines is 1. The van der Waals surface area contributed by atoms with Gasteiger partial charge in [-0.3, -0.25) is 14.4 Å². The molecule has 0 fully saturated rings. The van der Waals surface area contributed by atoms with Crippen LogP contribution >= 0.6 is 0 Å². The Morgan fingerprint density at radius 1 is 0.792 bits per heavy atom. The molecule has 6 aromatic rings. The van der Waals surface area contributed by atoms with Gasteiger partial charge in [-0.2, -0.15) is 4.98 Å². The summed E-state index contributed by atoms with van der Waals surface area (Å²) >= 11 is 0. The Kier molecular flexibility index (Phi) is 10.9. The van der Waals surface area contributed by atoms with E-state index in [9.17, 15) is 23.9 Å². The lowest BCUT2D eigenvalue weighted by atomic mass is 10.0. The van der Waals surface area contributed by atoms with Crippen LogP contribution in [-0.4, -0.2) is 58.7 Å². The van der Waals surface area contributed by atoms with Gasteiger partial charge in [0.15, 0.2) is 11.5 Å². The molecule has 12 heteroatoms. The zero-order valence-corrected chi connectivity index (χ0v) is 29.1. The van der Waals surface area contributed by atoms with Crippen molar-refractivity contribution in [2.24, 2.45) is 0 Å². The van der Waals surface area contributed by atoms with Crippen molar-refractivity contribution in [1.82, 2.24) is 15.0 Å². The normalized spacial score (nSPS) is 10.8. The van der Waals surface area contributed by atoms with E-state index in [1.807, 2.05) is 31.2 Å². The van der Waals surface area contributed by atoms with Gasteiger partial charge in [-0.1, -0.05) is 71.4 Å². The Morgan fingerprint density at radius 2 is 1.38 bits per heavy atom. The van der Waals surface area contributed by atoms with E-state index in [0.29, 0.717) is 34.3 Å². The van der Waals surface area contributed by atoms with Crippen LogP contribution in [-0.2, 0) is 22.6 Å². The monoisotopic (exact) mass is 714 g/mol. The van der Waals surface area contributed by atoms with Gasteiger partial charge in [0, 0.05) is 40.6 Å². The van der Waals surface area contributed by atoms with Gasteiger partial charge in [-0.25, -0.2) is 4.39 Å². The fraction of sp³-hybridized carbons (Fsp3) is 0.146. The molecule has 11 nitrogen and oxygen atoms in total. The van der Waals surface area contributed by atoms with Gasteiger partial charge in [0.2, 0.25) is 11.7 Å². The number of aliphatic carboxylic acids is 1. The van der Waals surface area contributed by atoms with Crippen molar-refractivity contribution in [1.29, 1.82) is 0 Å². The van der Waals surface area contributed by atoms with Crippen molar-refractivity contribution in [2.45, 2.75) is 19.9 Å². The summed E-state index contributed by atoms with van der Waals surface area (Å²) in [6.45, 7) is 1.53. The number of hydrogen-bond acceptors (Lipinski definition) is 8. The average molecular weight is 715 g/mol. The first-order chi connectivity index (χ1) is 25.6. The molecule has 0 aliphatic heterocycles. The van der Waals surface area contributed by atoms with Gasteiger partial charge >= 0.3 is 5.97 Å². The van der Waals surface area contributed by atoms with E-state index in [1.54, 1.807) is 24.3 Å². The third kappa shape index (κ3) is 8.74. The number of nitrogens with zero attached hydrogens (tertiary/aromatic N) is 3. The lowest BCUT2D eigenvalue weighted by molar-refractivity contribution is -0.137. The van der Waals surface area contributed by atoms with Crippen LogP contribution in [0.5, 0.6) is 11.5 Å². The Hall–Kier alpha value is -6.82. The number of rotatable bonds is 13. The Labute approximate surface area is 304 Å². The highest BCUT2D eigenvalue weighted by molar-refractivity contribution is 5.97. The van der Waals surface area contributed by atoms with Gasteiger partial charge in [0.1, 0.15) is 12.4 Å². The number of nitrogens with one attached hydrogen (secondary N) is 1. The van der Waals surface area contributed by atoms with Crippen LogP contribution in [0.4, 0.5) is 10.1 Å². The molecule has 0 saturated carbocycles. The Morgan fingerprint density at radius 3 is 2.00 bits per heavy atom. The molecule has 0 unspecified atom stereocenters. The SMILES string of the molecule is COc1cc(F)c(CC(=O)Nc2ccc(C(=O)N(CC(=O)O)Cc3ccc(-c4nc(-c5ccc(-c6ccc(C)cc6)cc5)no4)cc3)cc2)cc1OC. The van der Waals surface area contributed by atoms with Crippen LogP contribution in [0, 0.1) is 12.7 Å². The smallest absolute Gasteiger partial charge is 0.323 e. The molecule has 2 amide bonds. The van der Waals surface area contributed by atoms with Crippen LogP contribution in [0.25, 0.3) is 34.0 Å². The second-order valence-corrected chi connectivity index (χ2v) is 12.2. The highest BCUT2D eigenvalue weighted by Gasteiger charge is 2.20. The van der Waals surface area contributed by atoms with Gasteiger partial charge in [0.25, 0.3) is 11.8 Å². The second-order valence-electron chi connectivity index (χ2n) is 12.2. The summed E-state index contributed by atoms with van der Waals surface area (Å²) in [6, 6.07) is 31.8. The summed E-state index contributed by atoms with van der Waals surface area (Å²) < 4.78 is 30.3. The number of carbonyl (C=O) groups is 3. The lowest BCUT2D eigenvalue weighted by Gasteiger charge is -2.21. The maximum atomic E-state index is 14.5. The highest BCUT2D eigenvalue weighted by atomic mass is 19.1. The van der Waals surface area contributed by atoms with E-state index in [2.05, 4.69) is 39.7 Å². The van der Waals surface area contributed by atoms with Crippen LogP contribution in [0.1, 0.15) is 27.0 Å². The number of ether oxygens (including phenoxy) is 2. The van der Waals surface area contributed by atoms with Crippen molar-refractivity contribution < 1.29 is 37.9 Å². The maximum absolute atomic E-state index is 14.5. The predicted octanol–water partition coefficient (Wildman–Crippen LogP) is 7.44. The van der Waals surface area contributed by atoms with Crippen LogP contribution in [0.3, 0.4) is 0 Å². The van der Waals surface area contributed by atoms with E-state index >= 15 is 0 Å². The molecule has 1 heterocycles. The summed E-state index contributed by atoms with van der Waals surface area (Å²) in [5.74, 6) is -1.55. The summed E-state index contributed by atoms with van der Waals surface area (Å²) in [5, 5.41) is 16.4. The summed E-state index contributed by atoms with van der Waals surface area (Å²) in [6.07, 6.45) is -0.269. The number of carbonyl (C=O) groups excluding carboxylic acids is 2. The van der Waals surface area contributed by atoms with E-state index < -0.39 is 30.1 Å². The van der Waals surface area contributed by atoms with Gasteiger partial charge in [0.05, 0.1) is 20.6 Å². The Bertz CT molecular complexity index is 2240. The summed E-state index contributed by atoms with van der Waals surface area (Å²) in [5.41, 5.74) is 6.23. The predicted molar refractivity (Wildman–Crippen MR) is 196 cm³/mol. The molecule has 0 bridgehead atoms. The number of hydrogen-bond donors (Lipinski definition) is 2.